The third kappa shape index (κ3) is 8.10. The van der Waals surface area contributed by atoms with Crippen molar-refractivity contribution in [2.75, 3.05) is 45.8 Å². The van der Waals surface area contributed by atoms with Crippen molar-refractivity contribution >= 4 is 41.5 Å². The van der Waals surface area contributed by atoms with E-state index in [1.54, 1.807) is 7.05 Å². The Morgan fingerprint density at radius 2 is 2.17 bits per heavy atom. The summed E-state index contributed by atoms with van der Waals surface area (Å²) in [6, 6.07) is 7.85. The number of nitrogens with zero attached hydrogens (tertiary/aromatic N) is 2. The Balaban J connectivity index is 0.00000300. The monoisotopic (exact) mass is 516 g/mol. The van der Waals surface area contributed by atoms with Crippen molar-refractivity contribution in [3.8, 4) is 0 Å². The minimum absolute atomic E-state index is 0. The van der Waals surface area contributed by atoms with Crippen LogP contribution in [0.3, 0.4) is 0 Å². The van der Waals surface area contributed by atoms with Gasteiger partial charge in [0.15, 0.2) is 5.96 Å². The highest BCUT2D eigenvalue weighted by atomic mass is 127. The van der Waals surface area contributed by atoms with Gasteiger partial charge in [-0.2, -0.15) is 0 Å². The molecule has 7 nitrogen and oxygen atoms in total. The summed E-state index contributed by atoms with van der Waals surface area (Å²) in [5, 5.41) is 6.31. The van der Waals surface area contributed by atoms with Crippen LogP contribution in [-0.4, -0.2) is 63.3 Å². The summed E-state index contributed by atoms with van der Waals surface area (Å²) in [6.07, 6.45) is 4.04. The lowest BCUT2D eigenvalue weighted by Gasteiger charge is -2.22. The molecule has 0 bridgehead atoms. The average molecular weight is 516 g/mol. The van der Waals surface area contributed by atoms with Crippen LogP contribution in [0.5, 0.6) is 0 Å². The van der Waals surface area contributed by atoms with Crippen LogP contribution in [0.2, 0.25) is 0 Å². The number of amides is 1. The molecule has 1 aromatic rings. The summed E-state index contributed by atoms with van der Waals surface area (Å²) < 4.78 is 11.1. The van der Waals surface area contributed by atoms with Crippen molar-refractivity contribution in [2.45, 2.75) is 38.3 Å². The van der Waals surface area contributed by atoms with Crippen LogP contribution >= 0.6 is 24.0 Å². The lowest BCUT2D eigenvalue weighted by atomic mass is 10.2. The Labute approximate surface area is 190 Å². The minimum Gasteiger partial charge on any atom is -0.379 e. The molecule has 8 heteroatoms. The van der Waals surface area contributed by atoms with Gasteiger partial charge < -0.3 is 25.0 Å². The third-order valence-corrected chi connectivity index (χ3v) is 5.06. The van der Waals surface area contributed by atoms with E-state index in [-0.39, 0.29) is 36.0 Å². The first-order valence-corrected chi connectivity index (χ1v) is 10.2. The quantitative estimate of drug-likeness (QED) is 0.229. The van der Waals surface area contributed by atoms with Crippen LogP contribution in [0.1, 0.15) is 31.2 Å². The third-order valence-electron chi connectivity index (χ3n) is 5.06. The van der Waals surface area contributed by atoms with E-state index < -0.39 is 0 Å². The van der Waals surface area contributed by atoms with Gasteiger partial charge in [0.25, 0.3) is 5.91 Å². The molecule has 3 rings (SSSR count). The number of benzene rings is 1. The van der Waals surface area contributed by atoms with Gasteiger partial charge in [0, 0.05) is 46.1 Å². The van der Waals surface area contributed by atoms with E-state index in [4.69, 9.17) is 9.47 Å². The van der Waals surface area contributed by atoms with Crippen molar-refractivity contribution < 1.29 is 14.3 Å². The smallest absolute Gasteiger partial charge is 0.253 e. The Bertz CT molecular complexity index is 676. The number of likely N-dealkylation sites (N-methyl/N-ethyl adjacent to an activating group) is 1. The van der Waals surface area contributed by atoms with E-state index in [0.717, 1.165) is 49.1 Å². The van der Waals surface area contributed by atoms with Gasteiger partial charge in [0.2, 0.25) is 0 Å². The fourth-order valence-corrected chi connectivity index (χ4v) is 3.17. The molecule has 1 aliphatic carbocycles. The van der Waals surface area contributed by atoms with E-state index in [0.29, 0.717) is 19.8 Å². The number of ether oxygens (including phenoxy) is 2. The topological polar surface area (TPSA) is 75.2 Å². The highest BCUT2D eigenvalue weighted by Gasteiger charge is 2.23. The van der Waals surface area contributed by atoms with Gasteiger partial charge in [-0.3, -0.25) is 9.79 Å². The first-order chi connectivity index (χ1) is 13.7. The molecule has 1 amide bonds. The number of halogens is 1. The van der Waals surface area contributed by atoms with Crippen molar-refractivity contribution in [1.29, 1.82) is 0 Å². The predicted molar refractivity (Wildman–Crippen MR) is 126 cm³/mol. The summed E-state index contributed by atoms with van der Waals surface area (Å²) in [5.41, 5.74) is 1.86. The Hall–Kier alpha value is -1.39. The van der Waals surface area contributed by atoms with E-state index in [2.05, 4.69) is 20.5 Å². The summed E-state index contributed by atoms with van der Waals surface area (Å²) in [4.78, 5) is 18.6. The van der Waals surface area contributed by atoms with E-state index in [1.165, 1.54) is 12.8 Å². The number of hydrogen-bond acceptors (Lipinski definition) is 4. The molecule has 1 saturated heterocycles. The average Bonchev–Trinajstić information content (AvgIpc) is 3.35. The highest BCUT2D eigenvalue weighted by Crippen LogP contribution is 2.28. The zero-order valence-corrected chi connectivity index (χ0v) is 19.7. The van der Waals surface area contributed by atoms with Crippen LogP contribution in [-0.2, 0) is 20.8 Å². The highest BCUT2D eigenvalue weighted by molar-refractivity contribution is 14.0. The maximum Gasteiger partial charge on any atom is 0.253 e. The van der Waals surface area contributed by atoms with Gasteiger partial charge in [0.05, 0.1) is 6.61 Å². The normalized spacial score (nSPS) is 18.8. The summed E-state index contributed by atoms with van der Waals surface area (Å²) in [6.45, 7) is 3.68. The Morgan fingerprint density at radius 3 is 2.86 bits per heavy atom. The zero-order chi connectivity index (χ0) is 19.8. The molecule has 1 aromatic carbocycles. The molecule has 1 aliphatic heterocycles. The Morgan fingerprint density at radius 1 is 1.34 bits per heavy atom. The number of rotatable bonds is 9. The van der Waals surface area contributed by atoms with Crippen molar-refractivity contribution in [3.05, 3.63) is 29.8 Å². The lowest BCUT2D eigenvalue weighted by Crippen LogP contribution is -2.40. The molecule has 0 aromatic heterocycles. The number of hydrogen-bond donors (Lipinski definition) is 2. The number of guanidine groups is 1. The van der Waals surface area contributed by atoms with E-state index in [1.807, 2.05) is 31.3 Å². The fourth-order valence-electron chi connectivity index (χ4n) is 3.17. The maximum atomic E-state index is 12.2. The van der Waals surface area contributed by atoms with Crippen LogP contribution in [0.25, 0.3) is 0 Å². The molecule has 1 heterocycles. The van der Waals surface area contributed by atoms with Gasteiger partial charge in [-0.05, 0) is 49.3 Å². The molecular weight excluding hydrogens is 483 g/mol. The SMILES string of the molecule is CN=C(NCc1cccc(NC(=O)C2CCCO2)c1)N(C)CCOCC1CC1.I. The van der Waals surface area contributed by atoms with Crippen LogP contribution in [0.15, 0.2) is 29.3 Å². The van der Waals surface area contributed by atoms with Crippen LogP contribution < -0.4 is 10.6 Å². The number of carbonyl (C=O) groups excluding carboxylic acids is 1. The second-order valence-corrected chi connectivity index (χ2v) is 7.53. The van der Waals surface area contributed by atoms with Gasteiger partial charge in [-0.25, -0.2) is 0 Å². The molecule has 1 unspecified atom stereocenters. The second-order valence-electron chi connectivity index (χ2n) is 7.53. The lowest BCUT2D eigenvalue weighted by molar-refractivity contribution is -0.124. The molecular formula is C21H33IN4O3. The number of anilines is 1. The second kappa shape index (κ2) is 12.3. The summed E-state index contributed by atoms with van der Waals surface area (Å²) in [7, 11) is 3.79. The summed E-state index contributed by atoms with van der Waals surface area (Å²) >= 11 is 0. The van der Waals surface area contributed by atoms with Gasteiger partial charge in [-0.15, -0.1) is 24.0 Å². The van der Waals surface area contributed by atoms with E-state index >= 15 is 0 Å². The molecule has 29 heavy (non-hydrogen) atoms. The largest absolute Gasteiger partial charge is 0.379 e. The molecule has 0 radical (unpaired) electrons. The number of aliphatic imine (C=N–C) groups is 1. The van der Waals surface area contributed by atoms with Crippen molar-refractivity contribution in [2.24, 2.45) is 10.9 Å². The predicted octanol–water partition coefficient (Wildman–Crippen LogP) is 2.86. The standard InChI is InChI=1S/C21H32N4O3.HI/c1-22-21(25(2)10-12-27-15-16-8-9-16)23-14-17-5-3-6-18(13-17)24-20(26)19-7-4-11-28-19;/h3,5-6,13,16,19H,4,7-12,14-15H2,1-2H3,(H,22,23)(H,24,26);1H. The van der Waals surface area contributed by atoms with Crippen LogP contribution in [0, 0.1) is 5.92 Å². The molecule has 162 valence electrons. The summed E-state index contributed by atoms with van der Waals surface area (Å²) in [5.74, 6) is 1.55. The molecule has 2 fully saturated rings. The number of carbonyl (C=O) groups is 1. The van der Waals surface area contributed by atoms with E-state index in [9.17, 15) is 4.79 Å². The molecule has 2 N–H and O–H groups in total. The molecule has 2 aliphatic rings. The van der Waals surface area contributed by atoms with Gasteiger partial charge in [-0.1, -0.05) is 12.1 Å². The number of nitrogens with one attached hydrogen (secondary N) is 2. The van der Waals surface area contributed by atoms with Crippen LogP contribution in [0.4, 0.5) is 5.69 Å². The first-order valence-electron chi connectivity index (χ1n) is 10.2. The first kappa shape index (κ1) is 23.9. The molecule has 1 atom stereocenters. The maximum absolute atomic E-state index is 12.2. The Kier molecular flexibility index (Phi) is 10.2. The molecule has 0 spiro atoms. The molecule has 1 saturated carbocycles. The van der Waals surface area contributed by atoms with Gasteiger partial charge in [0.1, 0.15) is 6.10 Å². The van der Waals surface area contributed by atoms with Crippen molar-refractivity contribution in [1.82, 2.24) is 10.2 Å². The minimum atomic E-state index is -0.323. The van der Waals surface area contributed by atoms with Gasteiger partial charge >= 0.3 is 0 Å². The van der Waals surface area contributed by atoms with Crippen molar-refractivity contribution in [3.63, 3.8) is 0 Å². The fraction of sp³-hybridized carbons (Fsp3) is 0.619. The zero-order valence-electron chi connectivity index (χ0n) is 17.4.